The Morgan fingerprint density at radius 3 is 3.06 bits per heavy atom. The SMILES string of the molecule is Cc1cccnc1[C@@H]1NCCc2cc(O)ccc21. The van der Waals surface area contributed by atoms with E-state index in [1.54, 1.807) is 6.07 Å². The van der Waals surface area contributed by atoms with Crippen LogP contribution in [-0.4, -0.2) is 16.6 Å². The molecule has 0 radical (unpaired) electrons. The molecule has 0 amide bonds. The summed E-state index contributed by atoms with van der Waals surface area (Å²) in [5, 5.41) is 13.1. The number of nitrogens with one attached hydrogen (secondary N) is 1. The van der Waals surface area contributed by atoms with Gasteiger partial charge in [-0.1, -0.05) is 12.1 Å². The normalized spacial score (nSPS) is 18.4. The van der Waals surface area contributed by atoms with E-state index < -0.39 is 0 Å². The number of pyridine rings is 1. The average molecular weight is 240 g/mol. The number of fused-ring (bicyclic) bond motifs is 1. The molecule has 2 heterocycles. The topological polar surface area (TPSA) is 45.2 Å². The Labute approximate surface area is 107 Å². The molecule has 3 heteroatoms. The fraction of sp³-hybridized carbons (Fsp3) is 0.267. The molecule has 18 heavy (non-hydrogen) atoms. The van der Waals surface area contributed by atoms with E-state index in [0.29, 0.717) is 5.75 Å². The summed E-state index contributed by atoms with van der Waals surface area (Å²) in [6.07, 6.45) is 2.78. The van der Waals surface area contributed by atoms with Gasteiger partial charge in [0, 0.05) is 12.7 Å². The predicted octanol–water partition coefficient (Wildman–Crippen LogP) is 2.33. The Morgan fingerprint density at radius 1 is 1.33 bits per heavy atom. The fourth-order valence-electron chi connectivity index (χ4n) is 2.60. The molecular formula is C15H16N2O. The largest absolute Gasteiger partial charge is 0.508 e. The number of benzene rings is 1. The molecule has 0 aliphatic carbocycles. The highest BCUT2D eigenvalue weighted by Crippen LogP contribution is 2.30. The number of aromatic hydroxyl groups is 1. The quantitative estimate of drug-likeness (QED) is 0.804. The van der Waals surface area contributed by atoms with Gasteiger partial charge in [-0.05, 0) is 48.2 Å². The van der Waals surface area contributed by atoms with Crippen molar-refractivity contribution in [2.24, 2.45) is 0 Å². The van der Waals surface area contributed by atoms with Gasteiger partial charge in [0.1, 0.15) is 5.75 Å². The lowest BCUT2D eigenvalue weighted by atomic mass is 9.90. The summed E-state index contributed by atoms with van der Waals surface area (Å²) < 4.78 is 0. The minimum absolute atomic E-state index is 0.135. The molecule has 3 nitrogen and oxygen atoms in total. The standard InChI is InChI=1S/C15H16N2O/c1-10-3-2-7-16-14(10)15-13-5-4-12(18)9-11(13)6-8-17-15/h2-5,7,9,15,17-18H,6,8H2,1H3/t15-/m1/s1. The van der Waals surface area contributed by atoms with E-state index in [1.807, 2.05) is 24.4 Å². The molecule has 1 atom stereocenters. The zero-order valence-electron chi connectivity index (χ0n) is 10.4. The van der Waals surface area contributed by atoms with Gasteiger partial charge in [0.25, 0.3) is 0 Å². The highest BCUT2D eigenvalue weighted by atomic mass is 16.3. The van der Waals surface area contributed by atoms with Crippen molar-refractivity contribution < 1.29 is 5.11 Å². The van der Waals surface area contributed by atoms with Crippen LogP contribution in [0.4, 0.5) is 0 Å². The second kappa shape index (κ2) is 4.42. The lowest BCUT2D eigenvalue weighted by Crippen LogP contribution is -2.31. The molecule has 1 aliphatic heterocycles. The number of nitrogens with zero attached hydrogens (tertiary/aromatic N) is 1. The van der Waals surface area contributed by atoms with Crippen molar-refractivity contribution in [3.05, 3.63) is 58.9 Å². The molecule has 0 saturated carbocycles. The summed E-state index contributed by atoms with van der Waals surface area (Å²) in [4.78, 5) is 4.50. The lowest BCUT2D eigenvalue weighted by Gasteiger charge is -2.27. The van der Waals surface area contributed by atoms with Gasteiger partial charge >= 0.3 is 0 Å². The van der Waals surface area contributed by atoms with Crippen molar-refractivity contribution in [1.29, 1.82) is 0 Å². The molecule has 1 aromatic carbocycles. The number of aromatic nitrogens is 1. The van der Waals surface area contributed by atoms with Crippen LogP contribution in [0.3, 0.4) is 0 Å². The molecule has 0 unspecified atom stereocenters. The Balaban J connectivity index is 2.09. The summed E-state index contributed by atoms with van der Waals surface area (Å²) in [5.74, 6) is 0.340. The third-order valence-electron chi connectivity index (χ3n) is 3.50. The molecule has 1 aromatic heterocycles. The lowest BCUT2D eigenvalue weighted by molar-refractivity contribution is 0.471. The average Bonchev–Trinajstić information content (AvgIpc) is 2.38. The summed E-state index contributed by atoms with van der Waals surface area (Å²) >= 11 is 0. The molecule has 0 spiro atoms. The van der Waals surface area contributed by atoms with Crippen molar-refractivity contribution in [3.8, 4) is 5.75 Å². The van der Waals surface area contributed by atoms with Crippen molar-refractivity contribution in [2.45, 2.75) is 19.4 Å². The van der Waals surface area contributed by atoms with Crippen molar-refractivity contribution in [2.75, 3.05) is 6.54 Å². The van der Waals surface area contributed by atoms with E-state index >= 15 is 0 Å². The van der Waals surface area contributed by atoms with E-state index in [4.69, 9.17) is 0 Å². The van der Waals surface area contributed by atoms with Gasteiger partial charge in [0.2, 0.25) is 0 Å². The maximum atomic E-state index is 9.56. The number of rotatable bonds is 1. The highest BCUT2D eigenvalue weighted by Gasteiger charge is 2.23. The molecule has 0 saturated heterocycles. The van der Waals surface area contributed by atoms with Crippen LogP contribution in [0.2, 0.25) is 0 Å². The van der Waals surface area contributed by atoms with E-state index in [2.05, 4.69) is 23.3 Å². The first-order valence-corrected chi connectivity index (χ1v) is 6.22. The van der Waals surface area contributed by atoms with Crippen LogP contribution < -0.4 is 5.32 Å². The number of phenolic OH excluding ortho intramolecular Hbond substituents is 1. The summed E-state index contributed by atoms with van der Waals surface area (Å²) in [6, 6.07) is 9.78. The predicted molar refractivity (Wildman–Crippen MR) is 70.6 cm³/mol. The molecule has 2 aromatic rings. The van der Waals surface area contributed by atoms with Gasteiger partial charge in [-0.25, -0.2) is 0 Å². The summed E-state index contributed by atoms with van der Waals surface area (Å²) in [7, 11) is 0. The van der Waals surface area contributed by atoms with Crippen LogP contribution in [0.15, 0.2) is 36.5 Å². The molecule has 1 aliphatic rings. The Kier molecular flexibility index (Phi) is 2.76. The first-order chi connectivity index (χ1) is 8.75. The zero-order valence-corrected chi connectivity index (χ0v) is 10.4. The van der Waals surface area contributed by atoms with Gasteiger partial charge in [0.05, 0.1) is 11.7 Å². The van der Waals surface area contributed by atoms with Gasteiger partial charge in [0.15, 0.2) is 0 Å². The third-order valence-corrected chi connectivity index (χ3v) is 3.50. The second-order valence-electron chi connectivity index (χ2n) is 4.73. The van der Waals surface area contributed by atoms with Crippen LogP contribution in [0.25, 0.3) is 0 Å². The highest BCUT2D eigenvalue weighted by molar-refractivity contribution is 5.43. The first kappa shape index (κ1) is 11.2. The van der Waals surface area contributed by atoms with Gasteiger partial charge in [-0.15, -0.1) is 0 Å². The monoisotopic (exact) mass is 240 g/mol. The summed E-state index contributed by atoms with van der Waals surface area (Å²) in [6.45, 7) is 3.00. The first-order valence-electron chi connectivity index (χ1n) is 6.22. The summed E-state index contributed by atoms with van der Waals surface area (Å²) in [5.41, 5.74) is 4.70. The Bertz CT molecular complexity index is 580. The van der Waals surface area contributed by atoms with Crippen LogP contribution in [0.5, 0.6) is 5.75 Å². The van der Waals surface area contributed by atoms with Crippen molar-refractivity contribution in [3.63, 3.8) is 0 Å². The van der Waals surface area contributed by atoms with Crippen LogP contribution >= 0.6 is 0 Å². The fourth-order valence-corrected chi connectivity index (χ4v) is 2.60. The number of phenols is 1. The number of aryl methyl sites for hydroxylation is 1. The second-order valence-corrected chi connectivity index (χ2v) is 4.73. The molecule has 3 rings (SSSR count). The van der Waals surface area contributed by atoms with E-state index in [9.17, 15) is 5.11 Å². The van der Waals surface area contributed by atoms with Crippen LogP contribution in [0, 0.1) is 6.92 Å². The molecule has 92 valence electrons. The van der Waals surface area contributed by atoms with Gasteiger partial charge < -0.3 is 10.4 Å². The maximum absolute atomic E-state index is 9.56. The smallest absolute Gasteiger partial charge is 0.115 e. The molecular weight excluding hydrogens is 224 g/mol. The minimum atomic E-state index is 0.135. The minimum Gasteiger partial charge on any atom is -0.508 e. The molecule has 2 N–H and O–H groups in total. The Hall–Kier alpha value is -1.87. The van der Waals surface area contributed by atoms with Crippen molar-refractivity contribution in [1.82, 2.24) is 10.3 Å². The third kappa shape index (κ3) is 1.87. The number of hydrogen-bond donors (Lipinski definition) is 2. The van der Waals surface area contributed by atoms with Crippen LogP contribution in [-0.2, 0) is 6.42 Å². The van der Waals surface area contributed by atoms with Crippen LogP contribution in [0.1, 0.15) is 28.4 Å². The van der Waals surface area contributed by atoms with Gasteiger partial charge in [-0.3, -0.25) is 4.98 Å². The zero-order chi connectivity index (χ0) is 12.5. The van der Waals surface area contributed by atoms with E-state index in [1.165, 1.54) is 16.7 Å². The molecule has 0 fully saturated rings. The number of hydrogen-bond acceptors (Lipinski definition) is 3. The Morgan fingerprint density at radius 2 is 2.22 bits per heavy atom. The van der Waals surface area contributed by atoms with Crippen molar-refractivity contribution >= 4 is 0 Å². The molecule has 0 bridgehead atoms. The van der Waals surface area contributed by atoms with Gasteiger partial charge in [-0.2, -0.15) is 0 Å². The maximum Gasteiger partial charge on any atom is 0.115 e. The van der Waals surface area contributed by atoms with E-state index in [0.717, 1.165) is 18.7 Å². The van der Waals surface area contributed by atoms with E-state index in [-0.39, 0.29) is 6.04 Å².